The molecule has 254 valence electrons. The van der Waals surface area contributed by atoms with Gasteiger partial charge in [0.2, 0.25) is 11.8 Å². The van der Waals surface area contributed by atoms with Crippen LogP contribution in [0.1, 0.15) is 72.8 Å². The van der Waals surface area contributed by atoms with Crippen molar-refractivity contribution in [2.45, 2.75) is 76.8 Å². The maximum absolute atomic E-state index is 14.3. The van der Waals surface area contributed by atoms with Crippen LogP contribution < -0.4 is 0 Å². The van der Waals surface area contributed by atoms with E-state index in [0.717, 1.165) is 24.9 Å². The van der Waals surface area contributed by atoms with E-state index in [1.54, 1.807) is 19.9 Å². The smallest absolute Gasteiger partial charge is 0.343 e. The Bertz CT molecular complexity index is 1370. The van der Waals surface area contributed by atoms with Crippen LogP contribution in [0.15, 0.2) is 36.4 Å². The quantitative estimate of drug-likeness (QED) is 0.286. The SMILES string of the molecule is CC(=O)N1CCC(CN2CCC(C(=O)N(Cc3cc(C(F)(F)F)cc(C(F)(F)F)c3)C3CC3)C(c3ccc(F)cc3C)C2)CC1.Cl. The summed E-state index contributed by atoms with van der Waals surface area (Å²) < 4.78 is 95.5. The van der Waals surface area contributed by atoms with Crippen molar-refractivity contribution in [3.05, 3.63) is 70.0 Å². The number of rotatable bonds is 7. The molecule has 2 amide bonds. The van der Waals surface area contributed by atoms with Crippen LogP contribution in [0, 0.1) is 24.6 Å². The summed E-state index contributed by atoms with van der Waals surface area (Å²) in [6.45, 7) is 6.24. The van der Waals surface area contributed by atoms with Gasteiger partial charge in [-0.1, -0.05) is 6.07 Å². The van der Waals surface area contributed by atoms with Crippen molar-refractivity contribution in [2.24, 2.45) is 11.8 Å². The molecule has 2 aliphatic heterocycles. The molecule has 3 aliphatic rings. The van der Waals surface area contributed by atoms with Gasteiger partial charge in [-0.15, -0.1) is 12.4 Å². The Labute approximate surface area is 270 Å². The van der Waals surface area contributed by atoms with E-state index in [2.05, 4.69) is 4.90 Å². The molecule has 46 heavy (non-hydrogen) atoms. The maximum atomic E-state index is 14.3. The number of likely N-dealkylation sites (tertiary alicyclic amines) is 2. The summed E-state index contributed by atoms with van der Waals surface area (Å²) in [6.07, 6.45) is -6.54. The lowest BCUT2D eigenvalue weighted by Crippen LogP contribution is -2.49. The third kappa shape index (κ3) is 8.53. The first-order valence-corrected chi connectivity index (χ1v) is 15.4. The molecule has 0 N–H and O–H groups in total. The number of halogens is 8. The van der Waals surface area contributed by atoms with Crippen LogP contribution in [0.5, 0.6) is 0 Å². The number of carbonyl (C=O) groups excluding carboxylic acids is 2. The van der Waals surface area contributed by atoms with E-state index < -0.39 is 35.2 Å². The van der Waals surface area contributed by atoms with Crippen LogP contribution >= 0.6 is 12.4 Å². The van der Waals surface area contributed by atoms with Crippen LogP contribution in [0.2, 0.25) is 0 Å². The predicted octanol–water partition coefficient (Wildman–Crippen LogP) is 7.45. The number of benzene rings is 2. The normalized spacial score (nSPS) is 21.5. The van der Waals surface area contributed by atoms with Crippen molar-refractivity contribution in [1.82, 2.24) is 14.7 Å². The Balaban J connectivity index is 0.00000480. The standard InChI is InChI=1S/C33H38F7N3O2.ClH/c1-20-13-26(34)3-6-28(20)30-19-41(17-22-7-11-42(12-8-22)21(2)44)10-9-29(30)31(45)43(27-4-5-27)18-23-14-24(32(35,36)37)16-25(15-23)33(38,39)40;/h3,6,13-16,22,27,29-30H,4-5,7-12,17-19H2,1-2H3;1H. The fourth-order valence-electron chi connectivity index (χ4n) is 6.94. The zero-order chi connectivity index (χ0) is 32.7. The number of aryl methyl sites for hydroxylation is 1. The summed E-state index contributed by atoms with van der Waals surface area (Å²) in [4.78, 5) is 31.6. The van der Waals surface area contributed by atoms with Gasteiger partial charge in [-0.05, 0) is 98.5 Å². The first-order valence-electron chi connectivity index (χ1n) is 15.4. The van der Waals surface area contributed by atoms with Crippen LogP contribution in [-0.4, -0.2) is 65.3 Å². The number of hydrogen-bond donors (Lipinski definition) is 0. The molecule has 2 aromatic carbocycles. The largest absolute Gasteiger partial charge is 0.416 e. The molecule has 2 unspecified atom stereocenters. The van der Waals surface area contributed by atoms with Gasteiger partial charge in [0.1, 0.15) is 5.82 Å². The molecule has 2 atom stereocenters. The van der Waals surface area contributed by atoms with Gasteiger partial charge in [0, 0.05) is 57.5 Å². The minimum Gasteiger partial charge on any atom is -0.343 e. The monoisotopic (exact) mass is 677 g/mol. The van der Waals surface area contributed by atoms with Crippen molar-refractivity contribution in [1.29, 1.82) is 0 Å². The molecule has 0 bridgehead atoms. The molecular formula is C33H39ClF7N3O2. The Morgan fingerprint density at radius 2 is 1.48 bits per heavy atom. The lowest BCUT2D eigenvalue weighted by molar-refractivity contribution is -0.143. The highest BCUT2D eigenvalue weighted by atomic mass is 35.5. The second-order valence-corrected chi connectivity index (χ2v) is 12.8. The number of piperidine rings is 2. The third-order valence-electron chi connectivity index (χ3n) is 9.49. The molecule has 1 aliphatic carbocycles. The van der Waals surface area contributed by atoms with Crippen LogP contribution in [0.4, 0.5) is 30.7 Å². The zero-order valence-corrected chi connectivity index (χ0v) is 26.6. The fraction of sp³-hybridized carbons (Fsp3) is 0.576. The minimum absolute atomic E-state index is 0. The number of carbonyl (C=O) groups is 2. The van der Waals surface area contributed by atoms with E-state index in [1.165, 1.54) is 17.0 Å². The molecule has 0 aromatic heterocycles. The number of hydrogen-bond acceptors (Lipinski definition) is 3. The molecule has 2 heterocycles. The van der Waals surface area contributed by atoms with E-state index >= 15 is 0 Å². The molecule has 5 rings (SSSR count). The molecular weight excluding hydrogens is 639 g/mol. The highest BCUT2D eigenvalue weighted by Crippen LogP contribution is 2.41. The first kappa shape index (κ1) is 36.0. The molecule has 13 heteroatoms. The molecule has 0 radical (unpaired) electrons. The zero-order valence-electron chi connectivity index (χ0n) is 25.8. The summed E-state index contributed by atoms with van der Waals surface area (Å²) >= 11 is 0. The van der Waals surface area contributed by atoms with Crippen molar-refractivity contribution in [2.75, 3.05) is 32.7 Å². The average Bonchev–Trinajstić information content (AvgIpc) is 3.80. The number of alkyl halides is 6. The summed E-state index contributed by atoms with van der Waals surface area (Å²) in [7, 11) is 0. The van der Waals surface area contributed by atoms with Gasteiger partial charge >= 0.3 is 12.4 Å². The van der Waals surface area contributed by atoms with Gasteiger partial charge in [0.15, 0.2) is 0 Å². The fourth-order valence-corrected chi connectivity index (χ4v) is 6.94. The van der Waals surface area contributed by atoms with Gasteiger partial charge in [-0.3, -0.25) is 9.59 Å². The highest BCUT2D eigenvalue weighted by molar-refractivity contribution is 5.85. The Morgan fingerprint density at radius 1 is 0.870 bits per heavy atom. The van der Waals surface area contributed by atoms with E-state index in [1.807, 2.05) is 4.90 Å². The molecule has 2 aromatic rings. The van der Waals surface area contributed by atoms with E-state index in [4.69, 9.17) is 0 Å². The van der Waals surface area contributed by atoms with Crippen molar-refractivity contribution in [3.63, 3.8) is 0 Å². The van der Waals surface area contributed by atoms with Gasteiger partial charge in [0.25, 0.3) is 0 Å². The van der Waals surface area contributed by atoms with Crippen LogP contribution in [0.3, 0.4) is 0 Å². The van der Waals surface area contributed by atoms with Gasteiger partial charge < -0.3 is 14.7 Å². The van der Waals surface area contributed by atoms with Crippen LogP contribution in [-0.2, 0) is 28.5 Å². The van der Waals surface area contributed by atoms with Crippen molar-refractivity contribution < 1.29 is 40.3 Å². The summed E-state index contributed by atoms with van der Waals surface area (Å²) in [6, 6.07) is 5.65. The van der Waals surface area contributed by atoms with Gasteiger partial charge in [0.05, 0.1) is 11.1 Å². The summed E-state index contributed by atoms with van der Waals surface area (Å²) in [5.74, 6) is -1.19. The van der Waals surface area contributed by atoms with E-state index in [0.29, 0.717) is 69.1 Å². The van der Waals surface area contributed by atoms with Gasteiger partial charge in [-0.25, -0.2) is 4.39 Å². The molecule has 3 fully saturated rings. The lowest BCUT2D eigenvalue weighted by Gasteiger charge is -2.42. The highest BCUT2D eigenvalue weighted by Gasteiger charge is 2.43. The summed E-state index contributed by atoms with van der Waals surface area (Å²) in [5.41, 5.74) is -1.54. The van der Waals surface area contributed by atoms with Crippen molar-refractivity contribution in [3.8, 4) is 0 Å². The minimum atomic E-state index is -4.98. The second kappa shape index (κ2) is 14.1. The first-order chi connectivity index (χ1) is 21.1. The number of nitrogens with zero attached hydrogens (tertiary/aromatic N) is 3. The molecule has 2 saturated heterocycles. The Kier molecular flexibility index (Phi) is 11.0. The van der Waals surface area contributed by atoms with Crippen LogP contribution in [0.25, 0.3) is 0 Å². The van der Waals surface area contributed by atoms with Gasteiger partial charge in [-0.2, -0.15) is 26.3 Å². The number of amides is 2. The molecule has 1 saturated carbocycles. The maximum Gasteiger partial charge on any atom is 0.416 e. The molecule has 0 spiro atoms. The summed E-state index contributed by atoms with van der Waals surface area (Å²) in [5, 5.41) is 0. The second-order valence-electron chi connectivity index (χ2n) is 12.8. The Hall–Kier alpha value is -2.86. The average molecular weight is 678 g/mol. The van der Waals surface area contributed by atoms with E-state index in [9.17, 15) is 40.3 Å². The predicted molar refractivity (Wildman–Crippen MR) is 161 cm³/mol. The van der Waals surface area contributed by atoms with E-state index in [-0.39, 0.29) is 54.4 Å². The molecule has 5 nitrogen and oxygen atoms in total. The Morgan fingerprint density at radius 3 is 2.00 bits per heavy atom. The third-order valence-corrected chi connectivity index (χ3v) is 9.49. The lowest BCUT2D eigenvalue weighted by atomic mass is 9.77. The van der Waals surface area contributed by atoms with Crippen molar-refractivity contribution >= 4 is 24.2 Å². The topological polar surface area (TPSA) is 43.9 Å².